The Bertz CT molecular complexity index is 985. The fourth-order valence-electron chi connectivity index (χ4n) is 2.98. The zero-order valence-electron chi connectivity index (χ0n) is 14.1. The number of hydrogen-bond acceptors (Lipinski definition) is 3. The molecule has 25 heavy (non-hydrogen) atoms. The molecule has 2 aromatic carbocycles. The molecule has 0 aliphatic carbocycles. The van der Waals surface area contributed by atoms with Crippen LogP contribution in [0.4, 0.5) is 5.69 Å². The van der Waals surface area contributed by atoms with Crippen LogP contribution in [0.2, 0.25) is 0 Å². The third-order valence-electron chi connectivity index (χ3n) is 4.13. The van der Waals surface area contributed by atoms with Crippen molar-refractivity contribution in [2.45, 2.75) is 20.4 Å². The van der Waals surface area contributed by atoms with Gasteiger partial charge in [0.2, 0.25) is 0 Å². The highest BCUT2D eigenvalue weighted by Crippen LogP contribution is 2.35. The van der Waals surface area contributed by atoms with Gasteiger partial charge in [-0.05, 0) is 36.8 Å². The molecule has 6 heteroatoms. The molecule has 0 spiro atoms. The highest BCUT2D eigenvalue weighted by Gasteiger charge is 2.18. The zero-order valence-corrected chi connectivity index (χ0v) is 14.9. The summed E-state index contributed by atoms with van der Waals surface area (Å²) in [6, 6.07) is 14.9. The lowest BCUT2D eigenvalue weighted by atomic mass is 10.1. The summed E-state index contributed by atoms with van der Waals surface area (Å²) in [5.41, 5.74) is 3.94. The van der Waals surface area contributed by atoms with Crippen molar-refractivity contribution in [2.24, 2.45) is 0 Å². The van der Waals surface area contributed by atoms with E-state index >= 15 is 0 Å². The molecule has 0 aliphatic heterocycles. The van der Waals surface area contributed by atoms with Crippen molar-refractivity contribution in [2.75, 3.05) is 10.5 Å². The van der Waals surface area contributed by atoms with Crippen molar-refractivity contribution >= 4 is 27.6 Å². The Labute approximate surface area is 149 Å². The van der Waals surface area contributed by atoms with Gasteiger partial charge in [-0.15, -0.1) is 0 Å². The summed E-state index contributed by atoms with van der Waals surface area (Å²) < 4.78 is 16.6. The lowest BCUT2D eigenvalue weighted by Gasteiger charge is -2.10. The van der Waals surface area contributed by atoms with E-state index in [1.807, 2.05) is 42.7 Å². The maximum atomic E-state index is 11.6. The second-order valence-corrected chi connectivity index (χ2v) is 7.07. The molecule has 128 valence electrons. The number of phenolic OH excluding ortho intramolecular Hbond substituents is 1. The molecule has 3 aromatic rings. The molecule has 0 saturated carbocycles. The lowest BCUT2D eigenvalue weighted by molar-refractivity contribution is 0.476. The molecule has 1 aromatic heterocycles. The van der Waals surface area contributed by atoms with Gasteiger partial charge in [-0.3, -0.25) is 0 Å². The summed E-state index contributed by atoms with van der Waals surface area (Å²) in [5, 5.41) is 20.3. The molecule has 3 rings (SSSR count). The molecule has 0 saturated heterocycles. The van der Waals surface area contributed by atoms with Gasteiger partial charge in [0.25, 0.3) is 0 Å². The monoisotopic (exact) mass is 353 g/mol. The fraction of sp³-hybridized carbons (Fsp3) is 0.211. The minimum atomic E-state index is -1.09. The highest BCUT2D eigenvalue weighted by atomic mass is 32.2. The third-order valence-corrected chi connectivity index (χ3v) is 5.12. The van der Waals surface area contributed by atoms with Crippen LogP contribution in [0.5, 0.6) is 5.75 Å². The molecule has 2 N–H and O–H groups in total. The standard InChI is InChI=1S/C19H19N3O2S/c1-3-22-18-11-15(23)9-10-16(18)17(12-20)19(22)13-5-7-14(8-6-13)21-25(24)4-2/h5-11,21,23H,3-4H2,1-2H3. The first-order valence-electron chi connectivity index (χ1n) is 8.09. The molecular formula is C19H19N3O2S. The predicted octanol–water partition coefficient (Wildman–Crippen LogP) is 4.00. The quantitative estimate of drug-likeness (QED) is 0.728. The summed E-state index contributed by atoms with van der Waals surface area (Å²) in [4.78, 5) is 0. The van der Waals surface area contributed by atoms with E-state index in [1.165, 1.54) is 0 Å². The van der Waals surface area contributed by atoms with Crippen LogP contribution in [0.25, 0.3) is 22.2 Å². The molecule has 0 bridgehead atoms. The van der Waals surface area contributed by atoms with E-state index in [0.717, 1.165) is 27.8 Å². The number of aryl methyl sites for hydroxylation is 1. The minimum absolute atomic E-state index is 0.178. The zero-order chi connectivity index (χ0) is 18.0. The molecule has 5 nitrogen and oxygen atoms in total. The van der Waals surface area contributed by atoms with E-state index in [9.17, 15) is 14.6 Å². The summed E-state index contributed by atoms with van der Waals surface area (Å²) in [7, 11) is -1.09. The highest BCUT2D eigenvalue weighted by molar-refractivity contribution is 7.86. The number of phenols is 1. The average Bonchev–Trinajstić information content (AvgIpc) is 2.94. The van der Waals surface area contributed by atoms with Crippen LogP contribution < -0.4 is 4.72 Å². The first-order chi connectivity index (χ1) is 12.1. The Hall–Kier alpha value is -2.78. The normalized spacial score (nSPS) is 12.0. The number of aromatic hydroxyl groups is 1. The maximum absolute atomic E-state index is 11.6. The number of anilines is 1. The summed E-state index contributed by atoms with van der Waals surface area (Å²) >= 11 is 0. The number of aromatic nitrogens is 1. The van der Waals surface area contributed by atoms with Crippen molar-refractivity contribution in [3.05, 3.63) is 48.0 Å². The van der Waals surface area contributed by atoms with Crippen molar-refractivity contribution in [1.29, 1.82) is 5.26 Å². The van der Waals surface area contributed by atoms with Crippen LogP contribution in [-0.4, -0.2) is 19.6 Å². The molecule has 0 radical (unpaired) electrons. The van der Waals surface area contributed by atoms with Crippen molar-refractivity contribution in [1.82, 2.24) is 4.57 Å². The van der Waals surface area contributed by atoms with Gasteiger partial charge in [0, 0.05) is 29.4 Å². The average molecular weight is 353 g/mol. The number of nitrogens with zero attached hydrogens (tertiary/aromatic N) is 2. The van der Waals surface area contributed by atoms with E-state index in [0.29, 0.717) is 17.9 Å². The van der Waals surface area contributed by atoms with E-state index in [-0.39, 0.29) is 5.75 Å². The largest absolute Gasteiger partial charge is 0.508 e. The molecule has 0 aliphatic rings. The summed E-state index contributed by atoms with van der Waals surface area (Å²) in [6.45, 7) is 4.54. The number of fused-ring (bicyclic) bond motifs is 1. The molecular weight excluding hydrogens is 334 g/mol. The SMILES string of the molecule is CCn1c(-c2ccc(NS(=O)CC)cc2)c(C#N)c2ccc(O)cc21. The Balaban J connectivity index is 2.15. The molecule has 0 amide bonds. The van der Waals surface area contributed by atoms with Gasteiger partial charge in [-0.25, -0.2) is 4.21 Å². The Morgan fingerprint density at radius 2 is 1.92 bits per heavy atom. The lowest BCUT2D eigenvalue weighted by Crippen LogP contribution is -2.05. The van der Waals surface area contributed by atoms with Crippen molar-refractivity contribution in [3.63, 3.8) is 0 Å². The van der Waals surface area contributed by atoms with Gasteiger partial charge in [0.05, 0.1) is 16.8 Å². The summed E-state index contributed by atoms with van der Waals surface area (Å²) in [6.07, 6.45) is 0. The Morgan fingerprint density at radius 1 is 1.20 bits per heavy atom. The van der Waals surface area contributed by atoms with Gasteiger partial charge in [-0.2, -0.15) is 5.26 Å². The van der Waals surface area contributed by atoms with Crippen molar-refractivity contribution in [3.8, 4) is 23.1 Å². The number of rotatable bonds is 5. The van der Waals surface area contributed by atoms with Gasteiger partial charge in [-0.1, -0.05) is 19.1 Å². The number of hydrogen-bond donors (Lipinski definition) is 2. The predicted molar refractivity (Wildman–Crippen MR) is 102 cm³/mol. The second kappa shape index (κ2) is 6.99. The summed E-state index contributed by atoms with van der Waals surface area (Å²) in [5.74, 6) is 0.714. The molecule has 1 heterocycles. The minimum Gasteiger partial charge on any atom is -0.508 e. The van der Waals surface area contributed by atoms with Gasteiger partial charge < -0.3 is 14.4 Å². The first kappa shape index (κ1) is 17.1. The van der Waals surface area contributed by atoms with Crippen LogP contribution in [-0.2, 0) is 17.5 Å². The van der Waals surface area contributed by atoms with Gasteiger partial charge in [0.1, 0.15) is 22.8 Å². The van der Waals surface area contributed by atoms with Gasteiger partial charge >= 0.3 is 0 Å². The second-order valence-electron chi connectivity index (χ2n) is 5.59. The number of nitriles is 1. The molecule has 1 atom stereocenters. The number of nitrogens with one attached hydrogen (secondary N) is 1. The smallest absolute Gasteiger partial charge is 0.117 e. The van der Waals surface area contributed by atoms with E-state index in [4.69, 9.17) is 0 Å². The topological polar surface area (TPSA) is 78.0 Å². The number of benzene rings is 2. The first-order valence-corrected chi connectivity index (χ1v) is 9.41. The third kappa shape index (κ3) is 3.11. The molecule has 0 fully saturated rings. The molecule has 1 unspecified atom stereocenters. The van der Waals surface area contributed by atoms with Crippen LogP contribution in [0.1, 0.15) is 19.4 Å². The van der Waals surface area contributed by atoms with Crippen molar-refractivity contribution < 1.29 is 9.32 Å². The van der Waals surface area contributed by atoms with Crippen LogP contribution in [0.3, 0.4) is 0 Å². The Kier molecular flexibility index (Phi) is 4.77. The maximum Gasteiger partial charge on any atom is 0.117 e. The van der Waals surface area contributed by atoms with E-state index in [1.54, 1.807) is 18.2 Å². The fourth-order valence-corrected chi connectivity index (χ4v) is 3.52. The van der Waals surface area contributed by atoms with Crippen LogP contribution in [0.15, 0.2) is 42.5 Å². The van der Waals surface area contributed by atoms with E-state index in [2.05, 4.69) is 10.8 Å². The van der Waals surface area contributed by atoms with Crippen LogP contribution >= 0.6 is 0 Å². The Morgan fingerprint density at radius 3 is 2.52 bits per heavy atom. The van der Waals surface area contributed by atoms with Crippen LogP contribution in [0, 0.1) is 11.3 Å². The van der Waals surface area contributed by atoms with E-state index < -0.39 is 11.0 Å². The van der Waals surface area contributed by atoms with Gasteiger partial charge in [0.15, 0.2) is 0 Å².